The predicted octanol–water partition coefficient (Wildman–Crippen LogP) is 4.33. The topological polar surface area (TPSA) is 57.5 Å². The highest BCUT2D eigenvalue weighted by atomic mass is 16.5. The number of hydrogen-bond donors (Lipinski definition) is 1. The van der Waals surface area contributed by atoms with Crippen LogP contribution in [0, 0.1) is 17.2 Å². The summed E-state index contributed by atoms with van der Waals surface area (Å²) in [5.41, 5.74) is 3.09. The molecule has 1 fully saturated rings. The van der Waals surface area contributed by atoms with Crippen LogP contribution in [0.5, 0.6) is 11.5 Å². The predicted molar refractivity (Wildman–Crippen MR) is 117 cm³/mol. The van der Waals surface area contributed by atoms with Crippen LogP contribution in [0.25, 0.3) is 0 Å². The van der Waals surface area contributed by atoms with E-state index in [-0.39, 0.29) is 0 Å². The quantitative estimate of drug-likeness (QED) is 0.687. The molecule has 2 aromatic rings. The van der Waals surface area contributed by atoms with E-state index < -0.39 is 0 Å². The van der Waals surface area contributed by atoms with Gasteiger partial charge in [0.25, 0.3) is 0 Å². The zero-order valence-corrected chi connectivity index (χ0v) is 17.5. The molecular formula is C24H31N3O2. The number of likely N-dealkylation sites (tertiary alicyclic amines) is 1. The summed E-state index contributed by atoms with van der Waals surface area (Å²) in [4.78, 5) is 2.57. The van der Waals surface area contributed by atoms with Crippen molar-refractivity contribution in [1.82, 2.24) is 4.90 Å². The second kappa shape index (κ2) is 10.7. The number of nitrogens with zero attached hydrogens (tertiary/aromatic N) is 2. The van der Waals surface area contributed by atoms with E-state index in [1.807, 2.05) is 30.3 Å². The van der Waals surface area contributed by atoms with Crippen LogP contribution in [-0.2, 0) is 6.42 Å². The molecule has 1 N–H and O–H groups in total. The van der Waals surface area contributed by atoms with Gasteiger partial charge in [0, 0.05) is 18.8 Å². The number of anilines is 1. The molecule has 1 heterocycles. The first-order valence-corrected chi connectivity index (χ1v) is 10.4. The smallest absolute Gasteiger partial charge is 0.160 e. The van der Waals surface area contributed by atoms with Gasteiger partial charge in [-0.1, -0.05) is 6.07 Å². The Hall–Kier alpha value is -2.71. The van der Waals surface area contributed by atoms with Gasteiger partial charge in [-0.3, -0.25) is 0 Å². The average molecular weight is 394 g/mol. The van der Waals surface area contributed by atoms with Crippen molar-refractivity contribution in [2.75, 3.05) is 45.7 Å². The van der Waals surface area contributed by atoms with Crippen molar-refractivity contribution < 1.29 is 9.47 Å². The van der Waals surface area contributed by atoms with E-state index in [1.54, 1.807) is 14.2 Å². The highest BCUT2D eigenvalue weighted by Crippen LogP contribution is 2.28. The molecule has 2 aromatic carbocycles. The van der Waals surface area contributed by atoms with Crippen molar-refractivity contribution in [2.24, 2.45) is 5.92 Å². The van der Waals surface area contributed by atoms with Gasteiger partial charge in [-0.25, -0.2) is 0 Å². The number of benzene rings is 2. The lowest BCUT2D eigenvalue weighted by Gasteiger charge is -2.32. The Morgan fingerprint density at radius 3 is 2.41 bits per heavy atom. The second-order valence-corrected chi connectivity index (χ2v) is 7.63. The van der Waals surface area contributed by atoms with Gasteiger partial charge >= 0.3 is 0 Å². The number of piperidine rings is 1. The van der Waals surface area contributed by atoms with Crippen LogP contribution >= 0.6 is 0 Å². The molecule has 1 aliphatic rings. The van der Waals surface area contributed by atoms with Gasteiger partial charge in [0.1, 0.15) is 0 Å². The van der Waals surface area contributed by atoms with Crippen molar-refractivity contribution in [3.05, 3.63) is 53.6 Å². The molecule has 0 radical (unpaired) electrons. The maximum atomic E-state index is 8.86. The first-order chi connectivity index (χ1) is 14.2. The Labute approximate surface area is 174 Å². The van der Waals surface area contributed by atoms with Gasteiger partial charge in [-0.2, -0.15) is 5.26 Å². The number of nitrogens with one attached hydrogen (secondary N) is 1. The molecule has 1 aliphatic heterocycles. The number of methoxy groups -OCH3 is 2. The van der Waals surface area contributed by atoms with Crippen LogP contribution < -0.4 is 14.8 Å². The van der Waals surface area contributed by atoms with E-state index in [2.05, 4.69) is 28.4 Å². The molecule has 29 heavy (non-hydrogen) atoms. The summed E-state index contributed by atoms with van der Waals surface area (Å²) in [5, 5.41) is 12.3. The lowest BCUT2D eigenvalue weighted by atomic mass is 9.93. The van der Waals surface area contributed by atoms with E-state index in [1.165, 1.54) is 37.9 Å². The van der Waals surface area contributed by atoms with Crippen LogP contribution in [0.3, 0.4) is 0 Å². The highest BCUT2D eigenvalue weighted by Gasteiger charge is 2.18. The van der Waals surface area contributed by atoms with Crippen molar-refractivity contribution in [2.45, 2.75) is 25.7 Å². The Bertz CT molecular complexity index is 806. The third-order valence-corrected chi connectivity index (χ3v) is 5.77. The molecule has 0 spiro atoms. The van der Waals surface area contributed by atoms with Crippen molar-refractivity contribution >= 4 is 5.69 Å². The summed E-state index contributed by atoms with van der Waals surface area (Å²) in [7, 11) is 3.35. The molecule has 0 aromatic heterocycles. The Morgan fingerprint density at radius 1 is 1.03 bits per heavy atom. The van der Waals surface area contributed by atoms with Gasteiger partial charge in [-0.15, -0.1) is 0 Å². The van der Waals surface area contributed by atoms with E-state index in [0.29, 0.717) is 5.56 Å². The zero-order chi connectivity index (χ0) is 20.5. The standard InChI is InChI=1S/C24H31N3O2/c1-28-23-8-5-20(17-24(23)29-2)12-16-27-14-10-19(11-15-27)9-13-26-22-6-3-21(18-25)4-7-22/h3-8,17,19,26H,9-16H2,1-2H3. The minimum Gasteiger partial charge on any atom is -0.493 e. The van der Waals surface area contributed by atoms with Crippen LogP contribution in [0.15, 0.2) is 42.5 Å². The van der Waals surface area contributed by atoms with E-state index in [0.717, 1.165) is 42.6 Å². The largest absolute Gasteiger partial charge is 0.493 e. The molecule has 0 amide bonds. The first-order valence-electron chi connectivity index (χ1n) is 10.4. The summed E-state index contributed by atoms with van der Waals surface area (Å²) in [6.07, 6.45) is 4.76. The van der Waals surface area contributed by atoms with Gasteiger partial charge in [0.05, 0.1) is 25.9 Å². The van der Waals surface area contributed by atoms with Crippen LogP contribution in [0.1, 0.15) is 30.4 Å². The molecule has 0 bridgehead atoms. The molecule has 0 unspecified atom stereocenters. The van der Waals surface area contributed by atoms with Crippen LogP contribution in [-0.4, -0.2) is 45.3 Å². The van der Waals surface area contributed by atoms with Gasteiger partial charge in [0.15, 0.2) is 11.5 Å². The minimum absolute atomic E-state index is 0.705. The molecule has 5 nitrogen and oxygen atoms in total. The number of nitriles is 1. The summed E-state index contributed by atoms with van der Waals surface area (Å²) < 4.78 is 10.7. The molecular weight excluding hydrogens is 362 g/mol. The van der Waals surface area contributed by atoms with E-state index >= 15 is 0 Å². The normalized spacial score (nSPS) is 14.9. The summed E-state index contributed by atoms with van der Waals surface area (Å²) >= 11 is 0. The third kappa shape index (κ3) is 6.13. The summed E-state index contributed by atoms with van der Waals surface area (Å²) in [5.74, 6) is 2.38. The molecule has 0 atom stereocenters. The lowest BCUT2D eigenvalue weighted by Crippen LogP contribution is -2.35. The molecule has 1 saturated heterocycles. The highest BCUT2D eigenvalue weighted by molar-refractivity contribution is 5.47. The first kappa shape index (κ1) is 21.0. The SMILES string of the molecule is COc1ccc(CCN2CCC(CCNc3ccc(C#N)cc3)CC2)cc1OC. The number of ether oxygens (including phenoxy) is 2. The monoisotopic (exact) mass is 393 g/mol. The van der Waals surface area contributed by atoms with Crippen LogP contribution in [0.2, 0.25) is 0 Å². The maximum Gasteiger partial charge on any atom is 0.160 e. The van der Waals surface area contributed by atoms with Crippen molar-refractivity contribution in [3.8, 4) is 17.6 Å². The Balaban J connectivity index is 1.35. The Morgan fingerprint density at radius 2 is 1.76 bits per heavy atom. The van der Waals surface area contributed by atoms with E-state index in [4.69, 9.17) is 14.7 Å². The van der Waals surface area contributed by atoms with Gasteiger partial charge < -0.3 is 19.7 Å². The number of rotatable bonds is 9. The summed E-state index contributed by atoms with van der Waals surface area (Å²) in [6, 6.07) is 16.0. The fraction of sp³-hybridized carbons (Fsp3) is 0.458. The van der Waals surface area contributed by atoms with E-state index in [9.17, 15) is 0 Å². The number of hydrogen-bond acceptors (Lipinski definition) is 5. The average Bonchev–Trinajstić information content (AvgIpc) is 2.78. The molecule has 0 aliphatic carbocycles. The maximum absolute atomic E-state index is 8.86. The van der Waals surface area contributed by atoms with Crippen molar-refractivity contribution in [3.63, 3.8) is 0 Å². The van der Waals surface area contributed by atoms with Gasteiger partial charge in [0.2, 0.25) is 0 Å². The molecule has 154 valence electrons. The third-order valence-electron chi connectivity index (χ3n) is 5.77. The Kier molecular flexibility index (Phi) is 7.77. The van der Waals surface area contributed by atoms with Crippen LogP contribution in [0.4, 0.5) is 5.69 Å². The fourth-order valence-corrected chi connectivity index (χ4v) is 3.91. The molecule has 5 heteroatoms. The fourth-order valence-electron chi connectivity index (χ4n) is 3.91. The summed E-state index contributed by atoms with van der Waals surface area (Å²) in [6.45, 7) is 4.43. The van der Waals surface area contributed by atoms with Gasteiger partial charge in [-0.05, 0) is 86.7 Å². The molecule has 3 rings (SSSR count). The zero-order valence-electron chi connectivity index (χ0n) is 17.5. The lowest BCUT2D eigenvalue weighted by molar-refractivity contribution is 0.183. The van der Waals surface area contributed by atoms with Crippen molar-refractivity contribution in [1.29, 1.82) is 5.26 Å². The second-order valence-electron chi connectivity index (χ2n) is 7.63. The molecule has 0 saturated carbocycles. The minimum atomic E-state index is 0.705.